The Morgan fingerprint density at radius 2 is 0.976 bits per heavy atom. The van der Waals surface area contributed by atoms with Crippen LogP contribution in [0.15, 0.2) is 97.1 Å². The first-order valence-corrected chi connectivity index (χ1v) is 15.0. The zero-order chi connectivity index (χ0) is 28.1. The third-order valence-corrected chi connectivity index (χ3v) is 12.3. The molecule has 200 valence electrons. The van der Waals surface area contributed by atoms with Crippen molar-refractivity contribution >= 4 is 21.8 Å². The standard InChI is InChI=1S/C40H35N/c1-37(2)32-21-27-25-19-20-31-35(36(25)41-34(27)22-33(32)38(3,4)39(37,5)6)26-15-9-12-18-30(26)40(31)28-16-10-7-13-23(28)24-14-8-11-17-29(24)40/h7-22,41H,1-6H3. The van der Waals surface area contributed by atoms with Crippen molar-refractivity contribution in [3.05, 3.63) is 130 Å². The smallest absolute Gasteiger partial charge is 0.0726 e. The highest BCUT2D eigenvalue weighted by atomic mass is 14.7. The topological polar surface area (TPSA) is 15.8 Å². The molecule has 1 N–H and O–H groups in total. The van der Waals surface area contributed by atoms with Gasteiger partial charge in [-0.25, -0.2) is 0 Å². The van der Waals surface area contributed by atoms with Crippen molar-refractivity contribution in [1.29, 1.82) is 0 Å². The first kappa shape index (κ1) is 23.6. The summed E-state index contributed by atoms with van der Waals surface area (Å²) >= 11 is 0. The third-order valence-electron chi connectivity index (χ3n) is 12.3. The molecule has 1 spiro atoms. The van der Waals surface area contributed by atoms with Crippen LogP contribution in [0, 0.1) is 5.41 Å². The molecule has 0 bridgehead atoms. The second kappa shape index (κ2) is 7.02. The van der Waals surface area contributed by atoms with E-state index in [9.17, 15) is 0 Å². The van der Waals surface area contributed by atoms with Crippen molar-refractivity contribution in [1.82, 2.24) is 4.98 Å². The van der Waals surface area contributed by atoms with Gasteiger partial charge in [-0.15, -0.1) is 0 Å². The maximum absolute atomic E-state index is 4.00. The first-order chi connectivity index (χ1) is 19.6. The average Bonchev–Trinajstić information content (AvgIpc) is 3.61. The normalized spacial score (nSPS) is 19.3. The maximum Gasteiger partial charge on any atom is 0.0726 e. The van der Waals surface area contributed by atoms with Crippen LogP contribution in [0.5, 0.6) is 0 Å². The van der Waals surface area contributed by atoms with Gasteiger partial charge in [0.1, 0.15) is 0 Å². The van der Waals surface area contributed by atoms with Gasteiger partial charge in [-0.3, -0.25) is 0 Å². The predicted octanol–water partition coefficient (Wildman–Crippen LogP) is 10.3. The molecule has 0 unspecified atom stereocenters. The number of H-pyrrole nitrogens is 1. The van der Waals surface area contributed by atoms with E-state index >= 15 is 0 Å². The van der Waals surface area contributed by atoms with Crippen molar-refractivity contribution in [3.63, 3.8) is 0 Å². The molecular weight excluding hydrogens is 494 g/mol. The Labute approximate surface area is 242 Å². The molecule has 3 aliphatic carbocycles. The maximum atomic E-state index is 4.00. The van der Waals surface area contributed by atoms with Crippen LogP contribution >= 0.6 is 0 Å². The Morgan fingerprint density at radius 1 is 0.463 bits per heavy atom. The van der Waals surface area contributed by atoms with Gasteiger partial charge < -0.3 is 4.98 Å². The van der Waals surface area contributed by atoms with Gasteiger partial charge in [0.05, 0.1) is 10.9 Å². The highest BCUT2D eigenvalue weighted by molar-refractivity contribution is 6.15. The largest absolute Gasteiger partial charge is 0.354 e. The van der Waals surface area contributed by atoms with E-state index in [1.807, 2.05) is 0 Å². The number of nitrogens with one attached hydrogen (secondary N) is 1. The lowest BCUT2D eigenvalue weighted by atomic mass is 9.59. The van der Waals surface area contributed by atoms with Gasteiger partial charge in [0, 0.05) is 21.9 Å². The number of benzene rings is 5. The predicted molar refractivity (Wildman–Crippen MR) is 172 cm³/mol. The van der Waals surface area contributed by atoms with Gasteiger partial charge in [-0.2, -0.15) is 0 Å². The molecule has 3 aliphatic rings. The zero-order valence-corrected chi connectivity index (χ0v) is 24.7. The second-order valence-corrected chi connectivity index (χ2v) is 14.2. The molecule has 5 aromatic carbocycles. The Kier molecular flexibility index (Phi) is 4.04. The summed E-state index contributed by atoms with van der Waals surface area (Å²) in [6.07, 6.45) is 0. The van der Waals surface area contributed by atoms with Crippen LogP contribution in [-0.2, 0) is 16.2 Å². The van der Waals surface area contributed by atoms with Crippen LogP contribution in [0.2, 0.25) is 0 Å². The van der Waals surface area contributed by atoms with E-state index in [0.717, 1.165) is 0 Å². The van der Waals surface area contributed by atoms with Crippen LogP contribution in [0.4, 0.5) is 0 Å². The minimum absolute atomic E-state index is 0.0766. The molecule has 1 aromatic heterocycles. The molecule has 0 fully saturated rings. The van der Waals surface area contributed by atoms with Crippen molar-refractivity contribution in [2.75, 3.05) is 0 Å². The van der Waals surface area contributed by atoms with Crippen LogP contribution in [0.1, 0.15) is 74.9 Å². The van der Waals surface area contributed by atoms with Gasteiger partial charge in [0.25, 0.3) is 0 Å². The molecule has 41 heavy (non-hydrogen) atoms. The molecule has 9 rings (SSSR count). The van der Waals surface area contributed by atoms with Crippen molar-refractivity contribution in [2.45, 2.75) is 57.8 Å². The average molecular weight is 530 g/mol. The highest BCUT2D eigenvalue weighted by Crippen LogP contribution is 2.65. The van der Waals surface area contributed by atoms with Gasteiger partial charge in [-0.1, -0.05) is 126 Å². The van der Waals surface area contributed by atoms with Crippen LogP contribution in [0.3, 0.4) is 0 Å². The summed E-state index contributed by atoms with van der Waals surface area (Å²) in [5.74, 6) is 0. The van der Waals surface area contributed by atoms with Crippen molar-refractivity contribution in [3.8, 4) is 22.3 Å². The van der Waals surface area contributed by atoms with Gasteiger partial charge >= 0.3 is 0 Å². The Bertz CT molecular complexity index is 2080. The quantitative estimate of drug-likeness (QED) is 0.201. The lowest BCUT2D eigenvalue weighted by Gasteiger charge is -2.44. The number of rotatable bonds is 0. The Morgan fingerprint density at radius 3 is 1.59 bits per heavy atom. The first-order valence-electron chi connectivity index (χ1n) is 15.0. The lowest BCUT2D eigenvalue weighted by molar-refractivity contribution is 0.125. The monoisotopic (exact) mass is 529 g/mol. The molecule has 1 heterocycles. The fourth-order valence-corrected chi connectivity index (χ4v) is 9.09. The summed E-state index contributed by atoms with van der Waals surface area (Å²) in [6, 6.07) is 37.1. The van der Waals surface area contributed by atoms with Crippen LogP contribution in [-0.4, -0.2) is 4.98 Å². The summed E-state index contributed by atoms with van der Waals surface area (Å²) in [6.45, 7) is 14.6. The minimum atomic E-state index is -0.305. The van der Waals surface area contributed by atoms with E-state index in [2.05, 4.69) is 144 Å². The fraction of sp³-hybridized carbons (Fsp3) is 0.250. The Balaban J connectivity index is 1.41. The molecule has 0 saturated heterocycles. The highest BCUT2D eigenvalue weighted by Gasteiger charge is 2.57. The summed E-state index contributed by atoms with van der Waals surface area (Å²) in [5, 5.41) is 2.67. The molecule has 0 saturated carbocycles. The molecule has 0 aliphatic heterocycles. The number of fused-ring (bicyclic) bond motifs is 15. The zero-order valence-electron chi connectivity index (χ0n) is 24.7. The molecule has 1 nitrogen and oxygen atoms in total. The fourth-order valence-electron chi connectivity index (χ4n) is 9.09. The number of hydrogen-bond acceptors (Lipinski definition) is 0. The van der Waals surface area contributed by atoms with Crippen molar-refractivity contribution in [2.24, 2.45) is 5.41 Å². The summed E-state index contributed by atoms with van der Waals surface area (Å²) in [7, 11) is 0. The SMILES string of the molecule is CC1(C)c2cc3[nH]c4c5c(ccc4c3cc2C(C)(C)C1(C)C)C1(c2ccccc2-c2ccccc21)c1ccccc1-5. The summed E-state index contributed by atoms with van der Waals surface area (Å²) in [5.41, 5.74) is 16.5. The minimum Gasteiger partial charge on any atom is -0.354 e. The van der Waals surface area contributed by atoms with E-state index in [0.29, 0.717) is 0 Å². The molecule has 1 heteroatoms. The lowest BCUT2D eigenvalue weighted by Crippen LogP contribution is -2.42. The molecular formula is C40H35N. The van der Waals surface area contributed by atoms with E-state index in [-0.39, 0.29) is 21.7 Å². The van der Waals surface area contributed by atoms with Gasteiger partial charge in [-0.05, 0) is 78.4 Å². The third kappa shape index (κ3) is 2.37. The Hall–Kier alpha value is -4.10. The van der Waals surface area contributed by atoms with E-state index in [1.54, 1.807) is 0 Å². The number of aromatic amines is 1. The van der Waals surface area contributed by atoms with Crippen LogP contribution < -0.4 is 0 Å². The molecule has 6 aromatic rings. The van der Waals surface area contributed by atoms with E-state index < -0.39 is 0 Å². The molecule has 0 amide bonds. The van der Waals surface area contributed by atoms with E-state index in [4.69, 9.17) is 0 Å². The molecule has 0 radical (unpaired) electrons. The molecule has 0 atom stereocenters. The number of hydrogen-bond donors (Lipinski definition) is 1. The van der Waals surface area contributed by atoms with Crippen LogP contribution in [0.25, 0.3) is 44.1 Å². The second-order valence-electron chi connectivity index (χ2n) is 14.2. The van der Waals surface area contributed by atoms with Gasteiger partial charge in [0.15, 0.2) is 0 Å². The van der Waals surface area contributed by atoms with E-state index in [1.165, 1.54) is 77.4 Å². The summed E-state index contributed by atoms with van der Waals surface area (Å²) in [4.78, 5) is 4.00. The summed E-state index contributed by atoms with van der Waals surface area (Å²) < 4.78 is 0. The van der Waals surface area contributed by atoms with Crippen molar-refractivity contribution < 1.29 is 0 Å². The number of aromatic nitrogens is 1. The van der Waals surface area contributed by atoms with Gasteiger partial charge in [0.2, 0.25) is 0 Å².